The number of anilines is 2. The van der Waals surface area contributed by atoms with Crippen molar-refractivity contribution in [3.8, 4) is 6.01 Å². The molecule has 1 aromatic rings. The summed E-state index contributed by atoms with van der Waals surface area (Å²) in [4.78, 5) is 13.6. The molecular weight excluding hydrogens is 238 g/mol. The van der Waals surface area contributed by atoms with Gasteiger partial charge < -0.3 is 25.6 Å². The maximum atomic E-state index is 9.49. The molecule has 0 amide bonds. The number of hydrogen-bond donors (Lipinski definition) is 3. The zero-order valence-corrected chi connectivity index (χ0v) is 10.3. The second-order valence-corrected chi connectivity index (χ2v) is 4.48. The maximum Gasteiger partial charge on any atom is 0.323 e. The molecule has 2 unspecified atom stereocenters. The Hall–Kier alpha value is -1.67. The van der Waals surface area contributed by atoms with E-state index in [0.717, 1.165) is 0 Å². The van der Waals surface area contributed by atoms with Crippen molar-refractivity contribution in [1.29, 1.82) is 0 Å². The van der Waals surface area contributed by atoms with E-state index in [-0.39, 0.29) is 31.2 Å². The van der Waals surface area contributed by atoms with Crippen molar-refractivity contribution in [3.63, 3.8) is 0 Å². The molecule has 1 aromatic heterocycles. The first-order valence-corrected chi connectivity index (χ1v) is 5.75. The summed E-state index contributed by atoms with van der Waals surface area (Å²) in [7, 11) is 0. The number of aliphatic hydroxyl groups excluding tert-OH is 2. The summed E-state index contributed by atoms with van der Waals surface area (Å²) < 4.78 is 5.36. The van der Waals surface area contributed by atoms with E-state index in [1.807, 2.05) is 13.8 Å². The van der Waals surface area contributed by atoms with E-state index in [0.29, 0.717) is 5.95 Å². The number of nitrogen functional groups attached to an aromatic ring is 1. The van der Waals surface area contributed by atoms with Crippen LogP contribution in [0.3, 0.4) is 0 Å². The second kappa shape index (κ2) is 4.91. The summed E-state index contributed by atoms with van der Waals surface area (Å²) >= 11 is 0. The Bertz CT molecular complexity index is 418. The van der Waals surface area contributed by atoms with Gasteiger partial charge in [-0.15, -0.1) is 0 Å². The first-order chi connectivity index (χ1) is 8.45. The van der Waals surface area contributed by atoms with Gasteiger partial charge in [0.25, 0.3) is 0 Å². The third-order valence-electron chi connectivity index (χ3n) is 2.50. The zero-order chi connectivity index (χ0) is 13.3. The lowest BCUT2D eigenvalue weighted by Gasteiger charge is -2.16. The smallest absolute Gasteiger partial charge is 0.323 e. The summed E-state index contributed by atoms with van der Waals surface area (Å²) in [5, 5.41) is 19.0. The zero-order valence-electron chi connectivity index (χ0n) is 10.3. The van der Waals surface area contributed by atoms with E-state index in [4.69, 9.17) is 10.5 Å². The van der Waals surface area contributed by atoms with Crippen LogP contribution < -0.4 is 15.4 Å². The van der Waals surface area contributed by atoms with Crippen LogP contribution in [0.4, 0.5) is 11.9 Å². The number of nitrogens with zero attached hydrogens (tertiary/aromatic N) is 4. The predicted molar refractivity (Wildman–Crippen MR) is 64.2 cm³/mol. The Morgan fingerprint density at radius 3 is 2.39 bits per heavy atom. The molecule has 2 rings (SSSR count). The fraction of sp³-hybridized carbons (Fsp3) is 0.700. The second-order valence-electron chi connectivity index (χ2n) is 4.48. The number of β-amino-alcohol motifs (C(OH)–C–C–N with tert-alkyl or cyclic N) is 2. The quantitative estimate of drug-likeness (QED) is 0.615. The van der Waals surface area contributed by atoms with Crippen LogP contribution in [0.5, 0.6) is 6.01 Å². The predicted octanol–water partition coefficient (Wildman–Crippen LogP) is -1.22. The molecule has 1 saturated heterocycles. The molecule has 1 aliphatic rings. The summed E-state index contributed by atoms with van der Waals surface area (Å²) in [6, 6.07) is 0.142. The van der Waals surface area contributed by atoms with Crippen molar-refractivity contribution in [2.45, 2.75) is 32.2 Å². The number of aliphatic hydroxyl groups is 2. The van der Waals surface area contributed by atoms with Crippen molar-refractivity contribution >= 4 is 11.9 Å². The van der Waals surface area contributed by atoms with Crippen LogP contribution >= 0.6 is 0 Å². The Labute approximate surface area is 104 Å². The molecule has 4 N–H and O–H groups in total. The van der Waals surface area contributed by atoms with E-state index in [2.05, 4.69) is 15.0 Å². The molecule has 0 bridgehead atoms. The fourth-order valence-electron chi connectivity index (χ4n) is 1.70. The largest absolute Gasteiger partial charge is 0.461 e. The molecule has 2 atom stereocenters. The molecule has 1 aliphatic heterocycles. The first kappa shape index (κ1) is 12.8. The van der Waals surface area contributed by atoms with Gasteiger partial charge in [-0.3, -0.25) is 0 Å². The van der Waals surface area contributed by atoms with Crippen LogP contribution in [0.1, 0.15) is 13.8 Å². The van der Waals surface area contributed by atoms with Crippen LogP contribution in [-0.4, -0.2) is 56.6 Å². The van der Waals surface area contributed by atoms with Gasteiger partial charge in [0.1, 0.15) is 0 Å². The standard InChI is InChI=1S/C10H17N5O3/c1-5(2)18-10-13-8(11)12-9(14-10)15-3-6(16)7(17)4-15/h5-7,16-17H,3-4H2,1-2H3,(H2,11,12,13,14). The Balaban J connectivity index is 2.20. The van der Waals surface area contributed by atoms with Crippen LogP contribution in [0.25, 0.3) is 0 Å². The number of ether oxygens (including phenoxy) is 1. The van der Waals surface area contributed by atoms with Crippen LogP contribution in [0, 0.1) is 0 Å². The molecule has 0 saturated carbocycles. The Morgan fingerprint density at radius 1 is 1.22 bits per heavy atom. The molecule has 1 fully saturated rings. The van der Waals surface area contributed by atoms with Gasteiger partial charge in [-0.1, -0.05) is 0 Å². The van der Waals surface area contributed by atoms with Gasteiger partial charge in [-0.05, 0) is 13.8 Å². The van der Waals surface area contributed by atoms with Gasteiger partial charge in [0, 0.05) is 13.1 Å². The highest BCUT2D eigenvalue weighted by atomic mass is 16.5. The molecule has 8 heteroatoms. The first-order valence-electron chi connectivity index (χ1n) is 5.75. The molecular formula is C10H17N5O3. The Morgan fingerprint density at radius 2 is 1.83 bits per heavy atom. The summed E-state index contributed by atoms with van der Waals surface area (Å²) in [5.41, 5.74) is 5.58. The number of rotatable bonds is 3. The maximum absolute atomic E-state index is 9.49. The third-order valence-corrected chi connectivity index (χ3v) is 2.50. The van der Waals surface area contributed by atoms with E-state index < -0.39 is 12.2 Å². The molecule has 18 heavy (non-hydrogen) atoms. The number of hydrogen-bond acceptors (Lipinski definition) is 8. The molecule has 100 valence electrons. The minimum Gasteiger partial charge on any atom is -0.461 e. The van der Waals surface area contributed by atoms with E-state index in [9.17, 15) is 10.2 Å². The van der Waals surface area contributed by atoms with E-state index in [1.54, 1.807) is 4.90 Å². The molecule has 0 aromatic carbocycles. The highest BCUT2D eigenvalue weighted by Gasteiger charge is 2.31. The third kappa shape index (κ3) is 2.77. The highest BCUT2D eigenvalue weighted by molar-refractivity contribution is 5.38. The summed E-state index contributed by atoms with van der Waals surface area (Å²) in [5.74, 6) is 0.347. The number of aromatic nitrogens is 3. The lowest BCUT2D eigenvalue weighted by atomic mass is 10.3. The minimum absolute atomic E-state index is 0.0477. The minimum atomic E-state index is -0.808. The van der Waals surface area contributed by atoms with E-state index in [1.165, 1.54) is 0 Å². The van der Waals surface area contributed by atoms with Crippen LogP contribution in [-0.2, 0) is 0 Å². The van der Waals surface area contributed by atoms with Crippen molar-refractivity contribution in [2.75, 3.05) is 23.7 Å². The average molecular weight is 255 g/mol. The van der Waals surface area contributed by atoms with Gasteiger partial charge in [0.05, 0.1) is 18.3 Å². The highest BCUT2D eigenvalue weighted by Crippen LogP contribution is 2.19. The SMILES string of the molecule is CC(C)Oc1nc(N)nc(N2CC(O)C(O)C2)n1. The van der Waals surface area contributed by atoms with E-state index >= 15 is 0 Å². The topological polar surface area (TPSA) is 118 Å². The van der Waals surface area contributed by atoms with Crippen molar-refractivity contribution in [3.05, 3.63) is 0 Å². The van der Waals surface area contributed by atoms with Gasteiger partial charge >= 0.3 is 6.01 Å². The van der Waals surface area contributed by atoms with Gasteiger partial charge in [-0.25, -0.2) is 0 Å². The molecule has 8 nitrogen and oxygen atoms in total. The fourth-order valence-corrected chi connectivity index (χ4v) is 1.70. The summed E-state index contributed by atoms with van der Waals surface area (Å²) in [6.07, 6.45) is -1.69. The van der Waals surface area contributed by atoms with Crippen LogP contribution in [0.2, 0.25) is 0 Å². The molecule has 2 heterocycles. The van der Waals surface area contributed by atoms with Gasteiger partial charge in [0.15, 0.2) is 0 Å². The van der Waals surface area contributed by atoms with Crippen molar-refractivity contribution < 1.29 is 14.9 Å². The van der Waals surface area contributed by atoms with Crippen molar-refractivity contribution in [2.24, 2.45) is 0 Å². The lowest BCUT2D eigenvalue weighted by Crippen LogP contribution is -2.24. The molecule has 0 aliphatic carbocycles. The molecule has 0 spiro atoms. The Kier molecular flexibility index (Phi) is 3.48. The summed E-state index contributed by atoms with van der Waals surface area (Å²) in [6.45, 7) is 4.21. The monoisotopic (exact) mass is 255 g/mol. The van der Waals surface area contributed by atoms with Crippen molar-refractivity contribution in [1.82, 2.24) is 15.0 Å². The lowest BCUT2D eigenvalue weighted by molar-refractivity contribution is 0.0572. The van der Waals surface area contributed by atoms with Crippen LogP contribution in [0.15, 0.2) is 0 Å². The number of nitrogens with two attached hydrogens (primary N) is 1. The van der Waals surface area contributed by atoms with Gasteiger partial charge in [0.2, 0.25) is 11.9 Å². The normalized spacial score (nSPS) is 23.7. The van der Waals surface area contributed by atoms with Gasteiger partial charge in [-0.2, -0.15) is 15.0 Å². The molecule has 0 radical (unpaired) electrons. The average Bonchev–Trinajstić information content (AvgIpc) is 2.57.